The molecule has 46 heavy (non-hydrogen) atoms. The Hall–Kier alpha value is -5.07. The van der Waals surface area contributed by atoms with Crippen molar-refractivity contribution < 1.29 is 0 Å². The SMILES string of the molecule is c1cncc(N(c2ccc(-c3cccc4c3sc3ccc5c6ccccc6sc5c34)cc2)c2ccc3sc4ccccc4c3c2)c1. The quantitative estimate of drug-likeness (QED) is 0.190. The van der Waals surface area contributed by atoms with E-state index >= 15 is 0 Å². The fraction of sp³-hybridized carbons (Fsp3) is 0. The number of aromatic nitrogens is 1. The van der Waals surface area contributed by atoms with E-state index in [4.69, 9.17) is 0 Å². The van der Waals surface area contributed by atoms with Gasteiger partial charge in [0.05, 0.1) is 11.9 Å². The molecule has 5 heteroatoms. The molecule has 0 saturated heterocycles. The van der Waals surface area contributed by atoms with E-state index in [2.05, 4.69) is 137 Å². The fourth-order valence-corrected chi connectivity index (χ4v) is 10.5. The molecule has 0 aliphatic rings. The molecule has 6 aromatic carbocycles. The first kappa shape index (κ1) is 26.2. The molecule has 216 valence electrons. The van der Waals surface area contributed by atoms with Gasteiger partial charge in [-0.05, 0) is 71.8 Å². The van der Waals surface area contributed by atoms with Gasteiger partial charge in [0.2, 0.25) is 0 Å². The highest BCUT2D eigenvalue weighted by Crippen LogP contribution is 2.47. The van der Waals surface area contributed by atoms with Gasteiger partial charge in [-0.15, -0.1) is 34.0 Å². The Kier molecular flexibility index (Phi) is 5.82. The summed E-state index contributed by atoms with van der Waals surface area (Å²) in [6.07, 6.45) is 3.77. The summed E-state index contributed by atoms with van der Waals surface area (Å²) in [7, 11) is 0. The minimum absolute atomic E-state index is 1.04. The van der Waals surface area contributed by atoms with Crippen molar-refractivity contribution in [1.29, 1.82) is 0 Å². The molecule has 0 saturated carbocycles. The van der Waals surface area contributed by atoms with E-state index in [1.807, 2.05) is 52.5 Å². The molecule has 10 aromatic rings. The molecule has 0 radical (unpaired) electrons. The van der Waals surface area contributed by atoms with Crippen molar-refractivity contribution >= 4 is 112 Å². The number of rotatable bonds is 4. The Labute approximate surface area is 277 Å². The van der Waals surface area contributed by atoms with Gasteiger partial charge in [0.15, 0.2) is 0 Å². The van der Waals surface area contributed by atoms with Crippen LogP contribution in [-0.4, -0.2) is 4.98 Å². The zero-order chi connectivity index (χ0) is 30.2. The van der Waals surface area contributed by atoms with Crippen molar-refractivity contribution in [3.63, 3.8) is 0 Å². The number of nitrogens with zero attached hydrogens (tertiary/aromatic N) is 2. The summed E-state index contributed by atoms with van der Waals surface area (Å²) in [6, 6.07) is 48.8. The lowest BCUT2D eigenvalue weighted by molar-refractivity contribution is 1.23. The van der Waals surface area contributed by atoms with Gasteiger partial charge in [0.25, 0.3) is 0 Å². The standard InChI is InChI=1S/C41H24N2S3/c1-4-13-36-30(8-1)32-19-21-38-39(41(32)45-36)33-11-5-10-29(40(33)46-38)25-14-16-26(17-15-25)43(28-7-6-22-42-24-28)27-18-20-37-34(23-27)31-9-2-3-12-35(31)44-37/h1-24H. The van der Waals surface area contributed by atoms with E-state index in [0.717, 1.165) is 17.1 Å². The molecule has 0 aliphatic carbocycles. The Morgan fingerprint density at radius 1 is 0.435 bits per heavy atom. The molecule has 0 amide bonds. The summed E-state index contributed by atoms with van der Waals surface area (Å²) in [5.74, 6) is 0. The number of benzene rings is 6. The maximum Gasteiger partial charge on any atom is 0.0644 e. The van der Waals surface area contributed by atoms with Crippen LogP contribution < -0.4 is 4.90 Å². The molecular formula is C41H24N2S3. The second-order valence-corrected chi connectivity index (χ2v) is 14.8. The molecule has 2 nitrogen and oxygen atoms in total. The topological polar surface area (TPSA) is 16.1 Å². The molecule has 0 N–H and O–H groups in total. The lowest BCUT2D eigenvalue weighted by Gasteiger charge is -2.25. The molecule has 10 rings (SSSR count). The molecule has 4 heterocycles. The van der Waals surface area contributed by atoms with Gasteiger partial charge in [0.1, 0.15) is 0 Å². The highest BCUT2D eigenvalue weighted by molar-refractivity contribution is 7.30. The van der Waals surface area contributed by atoms with Crippen LogP contribution in [0.3, 0.4) is 0 Å². The first-order valence-corrected chi connectivity index (χ1v) is 17.7. The Morgan fingerprint density at radius 3 is 1.96 bits per heavy atom. The monoisotopic (exact) mass is 640 g/mol. The maximum absolute atomic E-state index is 4.48. The average molecular weight is 641 g/mol. The summed E-state index contributed by atoms with van der Waals surface area (Å²) in [4.78, 5) is 6.78. The second kappa shape index (κ2) is 10.2. The number of hydrogen-bond donors (Lipinski definition) is 0. The molecule has 0 unspecified atom stereocenters. The summed E-state index contributed by atoms with van der Waals surface area (Å²) in [5.41, 5.74) is 5.76. The zero-order valence-corrected chi connectivity index (χ0v) is 26.9. The Bertz CT molecular complexity index is 2750. The van der Waals surface area contributed by atoms with Crippen LogP contribution >= 0.6 is 34.0 Å². The minimum atomic E-state index is 1.04. The van der Waals surface area contributed by atoms with Gasteiger partial charge in [-0.2, -0.15) is 0 Å². The summed E-state index contributed by atoms with van der Waals surface area (Å²) >= 11 is 5.66. The maximum atomic E-state index is 4.48. The zero-order valence-electron chi connectivity index (χ0n) is 24.5. The molecule has 0 atom stereocenters. The van der Waals surface area contributed by atoms with Gasteiger partial charge in [-0.3, -0.25) is 4.98 Å². The van der Waals surface area contributed by atoms with E-state index < -0.39 is 0 Å². The highest BCUT2D eigenvalue weighted by Gasteiger charge is 2.18. The molecule has 0 spiro atoms. The van der Waals surface area contributed by atoms with E-state index in [-0.39, 0.29) is 0 Å². The van der Waals surface area contributed by atoms with Crippen LogP contribution in [0, 0.1) is 0 Å². The minimum Gasteiger partial charge on any atom is -0.309 e. The van der Waals surface area contributed by atoms with Gasteiger partial charge < -0.3 is 4.90 Å². The predicted octanol–water partition coefficient (Wildman–Crippen LogP) is 13.3. The smallest absolute Gasteiger partial charge is 0.0644 e. The highest BCUT2D eigenvalue weighted by atomic mass is 32.1. The van der Waals surface area contributed by atoms with E-state index in [0.29, 0.717) is 0 Å². The van der Waals surface area contributed by atoms with Crippen molar-refractivity contribution in [3.05, 3.63) is 146 Å². The van der Waals surface area contributed by atoms with Crippen molar-refractivity contribution in [2.45, 2.75) is 0 Å². The normalized spacial score (nSPS) is 11.9. The molecule has 0 bridgehead atoms. The first-order valence-electron chi connectivity index (χ1n) is 15.3. The third-order valence-electron chi connectivity index (χ3n) is 8.96. The summed E-state index contributed by atoms with van der Waals surface area (Å²) < 4.78 is 8.04. The number of pyridine rings is 1. The molecule has 4 aromatic heterocycles. The number of thiophene rings is 3. The fourth-order valence-electron chi connectivity index (χ4n) is 6.87. The Morgan fingerprint density at radius 2 is 1.13 bits per heavy atom. The van der Waals surface area contributed by atoms with Crippen LogP contribution in [-0.2, 0) is 0 Å². The molecular weight excluding hydrogens is 617 g/mol. The number of fused-ring (bicyclic) bond motifs is 10. The Balaban J connectivity index is 1.11. The van der Waals surface area contributed by atoms with Gasteiger partial charge in [0, 0.05) is 78.1 Å². The summed E-state index contributed by atoms with van der Waals surface area (Å²) in [6.45, 7) is 0. The van der Waals surface area contributed by atoms with E-state index in [1.165, 1.54) is 71.6 Å². The van der Waals surface area contributed by atoms with Crippen molar-refractivity contribution in [1.82, 2.24) is 4.98 Å². The lowest BCUT2D eigenvalue weighted by atomic mass is 10.0. The van der Waals surface area contributed by atoms with Crippen molar-refractivity contribution in [3.8, 4) is 11.1 Å². The van der Waals surface area contributed by atoms with Gasteiger partial charge in [-0.1, -0.05) is 72.8 Å². The van der Waals surface area contributed by atoms with Crippen LogP contribution in [0.2, 0.25) is 0 Å². The van der Waals surface area contributed by atoms with Crippen LogP contribution in [0.25, 0.3) is 71.6 Å². The van der Waals surface area contributed by atoms with Crippen molar-refractivity contribution in [2.24, 2.45) is 0 Å². The van der Waals surface area contributed by atoms with Gasteiger partial charge in [-0.25, -0.2) is 0 Å². The van der Waals surface area contributed by atoms with E-state index in [9.17, 15) is 0 Å². The third-order valence-corrected chi connectivity index (χ3v) is 12.5. The van der Waals surface area contributed by atoms with Crippen LogP contribution in [0.5, 0.6) is 0 Å². The predicted molar refractivity (Wildman–Crippen MR) is 203 cm³/mol. The summed E-state index contributed by atoms with van der Waals surface area (Å²) in [5, 5.41) is 8.01. The van der Waals surface area contributed by atoms with Crippen molar-refractivity contribution in [2.75, 3.05) is 4.90 Å². The third kappa shape index (κ3) is 3.96. The second-order valence-electron chi connectivity index (χ2n) is 11.6. The largest absolute Gasteiger partial charge is 0.309 e. The van der Waals surface area contributed by atoms with Gasteiger partial charge >= 0.3 is 0 Å². The van der Waals surface area contributed by atoms with Crippen LogP contribution in [0.4, 0.5) is 17.1 Å². The molecule has 0 fully saturated rings. The number of anilines is 3. The number of hydrogen-bond acceptors (Lipinski definition) is 5. The first-order chi connectivity index (χ1) is 22.8. The van der Waals surface area contributed by atoms with Crippen LogP contribution in [0.1, 0.15) is 0 Å². The van der Waals surface area contributed by atoms with Crippen LogP contribution in [0.15, 0.2) is 146 Å². The average Bonchev–Trinajstić information content (AvgIpc) is 3.80. The molecule has 0 aliphatic heterocycles. The lowest BCUT2D eigenvalue weighted by Crippen LogP contribution is -2.10. The van der Waals surface area contributed by atoms with E-state index in [1.54, 1.807) is 0 Å².